The van der Waals surface area contributed by atoms with E-state index in [0.29, 0.717) is 48.8 Å². The first-order valence-electron chi connectivity index (χ1n) is 12.0. The molecule has 3 heterocycles. The predicted molar refractivity (Wildman–Crippen MR) is 132 cm³/mol. The maximum atomic E-state index is 12.4. The standard InChI is InChI=1S/C26H28N6O3/c1-16(33)29-19-6-7-23-20(13-19)21(15-28-23)24(26(34)35)31-8-10-32(11-9-31)25-18(14-27)12-17-4-2-3-5-22(17)30-25/h6-7,12-13,15,24,28H,2-5,8-11H2,1H3,(H,29,33)(H,34,35). The SMILES string of the molecule is CC(=O)Nc1ccc2[nH]cc(C(C(=O)O)N3CCN(c4nc5c(cc4C#N)CCCC5)CC3)c2c1. The zero-order valence-electron chi connectivity index (χ0n) is 19.7. The van der Waals surface area contributed by atoms with E-state index in [1.807, 2.05) is 23.1 Å². The third kappa shape index (κ3) is 4.45. The minimum atomic E-state index is -0.922. The number of carboxylic acid groups (broad SMARTS) is 1. The molecule has 0 bridgehead atoms. The van der Waals surface area contributed by atoms with Gasteiger partial charge >= 0.3 is 5.97 Å². The van der Waals surface area contributed by atoms with Crippen molar-refractivity contribution in [1.29, 1.82) is 5.26 Å². The van der Waals surface area contributed by atoms with Crippen molar-refractivity contribution in [3.8, 4) is 6.07 Å². The topological polar surface area (TPSA) is 125 Å². The van der Waals surface area contributed by atoms with Crippen LogP contribution < -0.4 is 10.2 Å². The molecule has 9 nitrogen and oxygen atoms in total. The Balaban J connectivity index is 1.39. The van der Waals surface area contributed by atoms with Gasteiger partial charge in [-0.3, -0.25) is 14.5 Å². The Kier molecular flexibility index (Phi) is 6.14. The number of aromatic amines is 1. The van der Waals surface area contributed by atoms with Gasteiger partial charge in [-0.15, -0.1) is 0 Å². The average molecular weight is 473 g/mol. The van der Waals surface area contributed by atoms with E-state index in [1.165, 1.54) is 12.5 Å². The van der Waals surface area contributed by atoms with Crippen molar-refractivity contribution < 1.29 is 14.7 Å². The van der Waals surface area contributed by atoms with Gasteiger partial charge < -0.3 is 20.3 Å². The van der Waals surface area contributed by atoms with E-state index >= 15 is 0 Å². The normalized spacial score (nSPS) is 17.0. The minimum Gasteiger partial charge on any atom is -0.480 e. The van der Waals surface area contributed by atoms with E-state index in [-0.39, 0.29) is 5.91 Å². The number of hydrogen-bond acceptors (Lipinski definition) is 6. The van der Waals surface area contributed by atoms with Crippen LogP contribution in [-0.2, 0) is 22.4 Å². The maximum absolute atomic E-state index is 12.4. The van der Waals surface area contributed by atoms with Crippen molar-refractivity contribution in [2.24, 2.45) is 0 Å². The van der Waals surface area contributed by atoms with Crippen LogP contribution in [0.25, 0.3) is 10.9 Å². The Hall–Kier alpha value is -3.90. The molecule has 2 aliphatic rings. The molecule has 1 amide bonds. The summed E-state index contributed by atoms with van der Waals surface area (Å²) >= 11 is 0. The number of piperazine rings is 1. The van der Waals surface area contributed by atoms with Gasteiger partial charge in [-0.2, -0.15) is 5.26 Å². The first kappa shape index (κ1) is 22.9. The number of H-pyrrole nitrogens is 1. The van der Waals surface area contributed by atoms with Gasteiger partial charge in [-0.25, -0.2) is 4.98 Å². The second-order valence-electron chi connectivity index (χ2n) is 9.23. The molecule has 2 aromatic heterocycles. The summed E-state index contributed by atoms with van der Waals surface area (Å²) < 4.78 is 0. The van der Waals surface area contributed by atoms with Crippen molar-refractivity contribution in [1.82, 2.24) is 14.9 Å². The zero-order valence-corrected chi connectivity index (χ0v) is 19.7. The van der Waals surface area contributed by atoms with Gasteiger partial charge in [-0.1, -0.05) is 0 Å². The molecular formula is C26H28N6O3. The molecule has 1 unspecified atom stereocenters. The quantitative estimate of drug-likeness (QED) is 0.521. The van der Waals surface area contributed by atoms with Crippen molar-refractivity contribution in [3.05, 3.63) is 52.8 Å². The molecular weight excluding hydrogens is 444 g/mol. The minimum absolute atomic E-state index is 0.181. The van der Waals surface area contributed by atoms with Crippen molar-refractivity contribution >= 4 is 34.3 Å². The van der Waals surface area contributed by atoms with E-state index in [0.717, 1.165) is 42.3 Å². The highest BCUT2D eigenvalue weighted by Crippen LogP contribution is 2.33. The number of nitriles is 1. The molecule has 1 aliphatic carbocycles. The van der Waals surface area contributed by atoms with Crippen LogP contribution in [0, 0.1) is 11.3 Å². The lowest BCUT2D eigenvalue weighted by atomic mass is 9.94. The number of nitrogens with one attached hydrogen (secondary N) is 2. The van der Waals surface area contributed by atoms with Crippen LogP contribution in [0.5, 0.6) is 0 Å². The molecule has 0 radical (unpaired) electrons. The lowest BCUT2D eigenvalue weighted by molar-refractivity contribution is -0.143. The summed E-state index contributed by atoms with van der Waals surface area (Å²) in [4.78, 5) is 36.0. The summed E-state index contributed by atoms with van der Waals surface area (Å²) in [7, 11) is 0. The summed E-state index contributed by atoms with van der Waals surface area (Å²) in [6.45, 7) is 3.67. The van der Waals surface area contributed by atoms with E-state index in [1.54, 1.807) is 12.3 Å². The van der Waals surface area contributed by atoms with Gasteiger partial charge in [0.25, 0.3) is 0 Å². The summed E-state index contributed by atoms with van der Waals surface area (Å²) in [5.41, 5.74) is 4.97. The molecule has 0 spiro atoms. The van der Waals surface area contributed by atoms with Crippen molar-refractivity contribution in [3.63, 3.8) is 0 Å². The van der Waals surface area contributed by atoms with Crippen LogP contribution in [0.15, 0.2) is 30.5 Å². The first-order chi connectivity index (χ1) is 16.9. The molecule has 1 fully saturated rings. The Bertz CT molecular complexity index is 1330. The fourth-order valence-electron chi connectivity index (χ4n) is 5.27. The number of pyridine rings is 1. The molecule has 1 saturated heterocycles. The van der Waals surface area contributed by atoms with E-state index in [9.17, 15) is 20.0 Å². The van der Waals surface area contributed by atoms with Crippen LogP contribution in [0.3, 0.4) is 0 Å². The van der Waals surface area contributed by atoms with E-state index in [2.05, 4.69) is 21.3 Å². The third-order valence-electron chi connectivity index (χ3n) is 6.94. The Morgan fingerprint density at radius 1 is 1.17 bits per heavy atom. The number of nitrogens with zero attached hydrogens (tertiary/aromatic N) is 4. The van der Waals surface area contributed by atoms with Gasteiger partial charge in [0.05, 0.1) is 5.56 Å². The second kappa shape index (κ2) is 9.39. The molecule has 0 saturated carbocycles. The second-order valence-corrected chi connectivity index (χ2v) is 9.23. The molecule has 5 rings (SSSR count). The molecule has 35 heavy (non-hydrogen) atoms. The highest BCUT2D eigenvalue weighted by molar-refractivity contribution is 5.95. The lowest BCUT2D eigenvalue weighted by Gasteiger charge is -2.38. The number of fused-ring (bicyclic) bond motifs is 2. The highest BCUT2D eigenvalue weighted by Gasteiger charge is 2.33. The summed E-state index contributed by atoms with van der Waals surface area (Å²) in [5.74, 6) is -0.388. The van der Waals surface area contributed by atoms with Crippen LogP contribution >= 0.6 is 0 Å². The highest BCUT2D eigenvalue weighted by atomic mass is 16.4. The number of aryl methyl sites for hydroxylation is 2. The summed E-state index contributed by atoms with van der Waals surface area (Å²) in [6.07, 6.45) is 5.91. The van der Waals surface area contributed by atoms with Crippen LogP contribution in [0.2, 0.25) is 0 Å². The van der Waals surface area contributed by atoms with Gasteiger partial charge in [0.1, 0.15) is 17.9 Å². The predicted octanol–water partition coefficient (Wildman–Crippen LogP) is 3.22. The molecule has 1 atom stereocenters. The van der Waals surface area contributed by atoms with Gasteiger partial charge in [0.2, 0.25) is 5.91 Å². The number of amides is 1. The van der Waals surface area contributed by atoms with E-state index in [4.69, 9.17) is 4.98 Å². The number of carbonyl (C=O) groups excluding carboxylic acids is 1. The van der Waals surface area contributed by atoms with E-state index < -0.39 is 12.0 Å². The van der Waals surface area contributed by atoms with Crippen molar-refractivity contribution in [2.75, 3.05) is 36.4 Å². The van der Waals surface area contributed by atoms with Crippen LogP contribution in [0.1, 0.15) is 48.2 Å². The third-order valence-corrected chi connectivity index (χ3v) is 6.94. The average Bonchev–Trinajstić information content (AvgIpc) is 3.26. The molecule has 3 aromatic rings. The fourth-order valence-corrected chi connectivity index (χ4v) is 5.27. The number of aromatic nitrogens is 2. The number of anilines is 2. The number of carboxylic acids is 1. The largest absolute Gasteiger partial charge is 0.480 e. The molecule has 3 N–H and O–H groups in total. The monoisotopic (exact) mass is 472 g/mol. The summed E-state index contributed by atoms with van der Waals surface area (Å²) in [5, 5.41) is 23.4. The fraction of sp³-hybridized carbons (Fsp3) is 0.385. The number of rotatable bonds is 5. The van der Waals surface area contributed by atoms with Crippen LogP contribution in [0.4, 0.5) is 11.5 Å². The Morgan fingerprint density at radius 2 is 1.94 bits per heavy atom. The maximum Gasteiger partial charge on any atom is 0.325 e. The van der Waals surface area contributed by atoms with Gasteiger partial charge in [0, 0.05) is 67.1 Å². The Labute approximate surface area is 203 Å². The molecule has 1 aliphatic heterocycles. The number of benzene rings is 1. The zero-order chi connectivity index (χ0) is 24.5. The van der Waals surface area contributed by atoms with Crippen molar-refractivity contribution in [2.45, 2.75) is 38.6 Å². The Morgan fingerprint density at radius 3 is 2.66 bits per heavy atom. The molecule has 180 valence electrons. The number of aliphatic carboxylic acids is 1. The van der Waals surface area contributed by atoms with Gasteiger partial charge in [0.15, 0.2) is 0 Å². The molecule has 1 aromatic carbocycles. The first-order valence-corrected chi connectivity index (χ1v) is 12.0. The van der Waals surface area contributed by atoms with Gasteiger partial charge in [-0.05, 0) is 55.5 Å². The smallest absolute Gasteiger partial charge is 0.325 e. The number of hydrogen-bond donors (Lipinski definition) is 3. The molecule has 9 heteroatoms. The number of carbonyl (C=O) groups is 2. The van der Waals surface area contributed by atoms with Crippen LogP contribution in [-0.4, -0.2) is 58.0 Å². The summed E-state index contributed by atoms with van der Waals surface area (Å²) in [6, 6.07) is 8.91. The lowest BCUT2D eigenvalue weighted by Crippen LogP contribution is -2.49.